The third-order valence-corrected chi connectivity index (χ3v) is 4.19. The van der Waals surface area contributed by atoms with E-state index in [2.05, 4.69) is 30.4 Å². The molecule has 3 heteroatoms. The highest BCUT2D eigenvalue weighted by atomic mass is 16.5. The largest absolute Gasteiger partial charge is 0.493 e. The monoisotopic (exact) mass is 275 g/mol. The molecule has 0 amide bonds. The summed E-state index contributed by atoms with van der Waals surface area (Å²) < 4.78 is 11.5. The second kappa shape index (κ2) is 6.59. The highest BCUT2D eigenvalue weighted by molar-refractivity contribution is 5.37. The van der Waals surface area contributed by atoms with Gasteiger partial charge in [0.05, 0.1) is 6.61 Å². The van der Waals surface area contributed by atoms with Crippen LogP contribution in [0, 0.1) is 12.8 Å². The van der Waals surface area contributed by atoms with Gasteiger partial charge in [-0.25, -0.2) is 0 Å². The molecule has 0 bridgehead atoms. The van der Waals surface area contributed by atoms with E-state index in [4.69, 9.17) is 9.47 Å². The maximum atomic E-state index is 6.09. The van der Waals surface area contributed by atoms with Crippen molar-refractivity contribution in [1.29, 1.82) is 0 Å². The molecular formula is C17H25NO2. The van der Waals surface area contributed by atoms with Crippen molar-refractivity contribution in [1.82, 2.24) is 5.32 Å². The maximum Gasteiger partial charge on any atom is 0.123 e. The van der Waals surface area contributed by atoms with Crippen LogP contribution in [0.4, 0.5) is 0 Å². The minimum atomic E-state index is 0.647. The molecule has 1 aromatic carbocycles. The summed E-state index contributed by atoms with van der Waals surface area (Å²) in [6.07, 6.45) is 4.90. The minimum Gasteiger partial charge on any atom is -0.493 e. The lowest BCUT2D eigenvalue weighted by molar-refractivity contribution is 0.0496. The first-order chi connectivity index (χ1) is 9.81. The van der Waals surface area contributed by atoms with Crippen molar-refractivity contribution in [2.45, 2.75) is 45.2 Å². The Balaban J connectivity index is 1.58. The molecule has 0 spiro atoms. The maximum absolute atomic E-state index is 6.09. The van der Waals surface area contributed by atoms with Gasteiger partial charge in [-0.1, -0.05) is 17.7 Å². The molecule has 1 heterocycles. The summed E-state index contributed by atoms with van der Waals surface area (Å²) >= 11 is 0. The number of rotatable bonds is 6. The SMILES string of the molecule is Cc1ccc(OCC2CCOCC2)c(CNC2CC2)c1. The third kappa shape index (κ3) is 3.97. The Morgan fingerprint density at radius 3 is 2.75 bits per heavy atom. The fraction of sp³-hybridized carbons (Fsp3) is 0.647. The van der Waals surface area contributed by atoms with Crippen LogP contribution < -0.4 is 10.1 Å². The minimum absolute atomic E-state index is 0.647. The molecule has 3 nitrogen and oxygen atoms in total. The zero-order chi connectivity index (χ0) is 13.8. The van der Waals surface area contributed by atoms with E-state index in [0.717, 1.165) is 51.0 Å². The van der Waals surface area contributed by atoms with Crippen molar-refractivity contribution in [2.24, 2.45) is 5.92 Å². The Hall–Kier alpha value is -1.06. The normalized spacial score (nSPS) is 20.1. The highest BCUT2D eigenvalue weighted by Crippen LogP contribution is 2.25. The molecule has 0 radical (unpaired) electrons. The number of hydrogen-bond acceptors (Lipinski definition) is 3. The summed E-state index contributed by atoms with van der Waals surface area (Å²) in [5.41, 5.74) is 2.60. The number of benzene rings is 1. The first-order valence-electron chi connectivity index (χ1n) is 7.85. The molecule has 1 aromatic rings. The van der Waals surface area contributed by atoms with E-state index in [9.17, 15) is 0 Å². The molecule has 1 aliphatic carbocycles. The lowest BCUT2D eigenvalue weighted by Gasteiger charge is -2.23. The van der Waals surface area contributed by atoms with Crippen molar-refractivity contribution in [2.75, 3.05) is 19.8 Å². The fourth-order valence-corrected chi connectivity index (χ4v) is 2.65. The van der Waals surface area contributed by atoms with Crippen LogP contribution in [0.5, 0.6) is 5.75 Å². The van der Waals surface area contributed by atoms with Gasteiger partial charge in [-0.15, -0.1) is 0 Å². The molecule has 110 valence electrons. The van der Waals surface area contributed by atoms with Crippen LogP contribution in [0.25, 0.3) is 0 Å². The summed E-state index contributed by atoms with van der Waals surface area (Å²) in [6, 6.07) is 7.24. The number of aryl methyl sites for hydroxylation is 1. The van der Waals surface area contributed by atoms with E-state index in [0.29, 0.717) is 5.92 Å². The number of nitrogens with one attached hydrogen (secondary N) is 1. The van der Waals surface area contributed by atoms with Crippen LogP contribution in [-0.2, 0) is 11.3 Å². The Bertz CT molecular complexity index is 437. The van der Waals surface area contributed by atoms with E-state index in [1.807, 2.05) is 0 Å². The molecule has 0 unspecified atom stereocenters. The molecule has 1 saturated heterocycles. The van der Waals surface area contributed by atoms with E-state index in [1.54, 1.807) is 0 Å². The number of hydrogen-bond donors (Lipinski definition) is 1. The summed E-state index contributed by atoms with van der Waals surface area (Å²) in [7, 11) is 0. The lowest BCUT2D eigenvalue weighted by atomic mass is 10.0. The van der Waals surface area contributed by atoms with Crippen LogP contribution >= 0.6 is 0 Å². The van der Waals surface area contributed by atoms with Crippen LogP contribution in [0.1, 0.15) is 36.8 Å². The third-order valence-electron chi connectivity index (χ3n) is 4.19. The predicted molar refractivity (Wildman–Crippen MR) is 80.1 cm³/mol. The molecule has 1 N–H and O–H groups in total. The van der Waals surface area contributed by atoms with Gasteiger partial charge in [-0.05, 0) is 44.6 Å². The van der Waals surface area contributed by atoms with Gasteiger partial charge in [0.2, 0.25) is 0 Å². The van der Waals surface area contributed by atoms with E-state index < -0.39 is 0 Å². The van der Waals surface area contributed by atoms with Crippen molar-refractivity contribution in [3.8, 4) is 5.75 Å². The summed E-state index contributed by atoms with van der Waals surface area (Å²) in [6.45, 7) is 5.66. The quantitative estimate of drug-likeness (QED) is 0.865. The molecule has 0 atom stereocenters. The Labute approximate surface area is 121 Å². The van der Waals surface area contributed by atoms with Crippen molar-refractivity contribution >= 4 is 0 Å². The lowest BCUT2D eigenvalue weighted by Crippen LogP contribution is -2.22. The van der Waals surface area contributed by atoms with Crippen molar-refractivity contribution in [3.63, 3.8) is 0 Å². The second-order valence-electron chi connectivity index (χ2n) is 6.13. The molecule has 0 aromatic heterocycles. The molecule has 1 aliphatic heterocycles. The zero-order valence-corrected chi connectivity index (χ0v) is 12.4. The first kappa shape index (κ1) is 13.9. The predicted octanol–water partition coefficient (Wildman–Crippen LogP) is 3.05. The first-order valence-corrected chi connectivity index (χ1v) is 7.85. The van der Waals surface area contributed by atoms with Gasteiger partial charge < -0.3 is 14.8 Å². The van der Waals surface area contributed by atoms with Gasteiger partial charge in [0.15, 0.2) is 0 Å². The van der Waals surface area contributed by atoms with Gasteiger partial charge >= 0.3 is 0 Å². The summed E-state index contributed by atoms with van der Waals surface area (Å²) in [4.78, 5) is 0. The average Bonchev–Trinajstić information content (AvgIpc) is 3.29. The van der Waals surface area contributed by atoms with Gasteiger partial charge in [0.25, 0.3) is 0 Å². The second-order valence-corrected chi connectivity index (χ2v) is 6.13. The highest BCUT2D eigenvalue weighted by Gasteiger charge is 2.21. The van der Waals surface area contributed by atoms with Gasteiger partial charge in [0, 0.05) is 31.4 Å². The van der Waals surface area contributed by atoms with Crippen LogP contribution in [0.2, 0.25) is 0 Å². The smallest absolute Gasteiger partial charge is 0.123 e. The van der Waals surface area contributed by atoms with E-state index in [-0.39, 0.29) is 0 Å². The molecule has 3 rings (SSSR count). The summed E-state index contributed by atoms with van der Waals surface area (Å²) in [5.74, 6) is 1.70. The standard InChI is InChI=1S/C17H25NO2/c1-13-2-5-17(15(10-13)11-18-16-3-4-16)20-12-14-6-8-19-9-7-14/h2,5,10,14,16,18H,3-4,6-9,11-12H2,1H3. The van der Waals surface area contributed by atoms with Crippen LogP contribution in [-0.4, -0.2) is 25.9 Å². The molecular weight excluding hydrogens is 250 g/mol. The fourth-order valence-electron chi connectivity index (χ4n) is 2.65. The summed E-state index contributed by atoms with van der Waals surface area (Å²) in [5, 5.41) is 3.58. The molecule has 20 heavy (non-hydrogen) atoms. The Morgan fingerprint density at radius 1 is 1.20 bits per heavy atom. The molecule has 2 aliphatic rings. The van der Waals surface area contributed by atoms with Crippen LogP contribution in [0.3, 0.4) is 0 Å². The Kier molecular flexibility index (Phi) is 4.58. The van der Waals surface area contributed by atoms with E-state index >= 15 is 0 Å². The average molecular weight is 275 g/mol. The van der Waals surface area contributed by atoms with E-state index in [1.165, 1.54) is 24.0 Å². The van der Waals surface area contributed by atoms with Crippen molar-refractivity contribution < 1.29 is 9.47 Å². The van der Waals surface area contributed by atoms with Crippen molar-refractivity contribution in [3.05, 3.63) is 29.3 Å². The molecule has 2 fully saturated rings. The topological polar surface area (TPSA) is 30.5 Å². The van der Waals surface area contributed by atoms with Gasteiger partial charge in [0.1, 0.15) is 5.75 Å². The Morgan fingerprint density at radius 2 is 2.00 bits per heavy atom. The number of ether oxygens (including phenoxy) is 2. The molecule has 1 saturated carbocycles. The van der Waals surface area contributed by atoms with Gasteiger partial charge in [-0.2, -0.15) is 0 Å². The van der Waals surface area contributed by atoms with Gasteiger partial charge in [-0.3, -0.25) is 0 Å². The zero-order valence-electron chi connectivity index (χ0n) is 12.4. The van der Waals surface area contributed by atoms with Crippen LogP contribution in [0.15, 0.2) is 18.2 Å².